The summed E-state index contributed by atoms with van der Waals surface area (Å²) in [5.74, 6) is 2.91. The number of aliphatic hydroxyl groups is 1. The lowest BCUT2D eigenvalue weighted by Gasteiger charge is -2.38. The van der Waals surface area contributed by atoms with E-state index in [2.05, 4.69) is 11.9 Å². The third kappa shape index (κ3) is 3.14. The van der Waals surface area contributed by atoms with Crippen LogP contribution in [0.3, 0.4) is 0 Å². The second-order valence-electron chi connectivity index (χ2n) is 5.37. The molecule has 94 valence electrons. The Balaban J connectivity index is 1.90. The molecule has 1 N–H and O–H groups in total. The van der Waals surface area contributed by atoms with E-state index in [1.165, 1.54) is 44.3 Å². The van der Waals surface area contributed by atoms with Gasteiger partial charge >= 0.3 is 0 Å². The molecule has 0 aromatic rings. The Morgan fingerprint density at radius 2 is 1.88 bits per heavy atom. The van der Waals surface area contributed by atoms with Gasteiger partial charge in [0.15, 0.2) is 0 Å². The van der Waals surface area contributed by atoms with Crippen LogP contribution in [-0.4, -0.2) is 47.3 Å². The third-order valence-electron chi connectivity index (χ3n) is 4.22. The van der Waals surface area contributed by atoms with E-state index in [0.29, 0.717) is 12.0 Å². The zero-order valence-electron chi connectivity index (χ0n) is 10.4. The van der Waals surface area contributed by atoms with Crippen molar-refractivity contribution < 1.29 is 5.11 Å². The molecular formula is C13H25NOS. The minimum Gasteiger partial charge on any atom is -0.391 e. The van der Waals surface area contributed by atoms with E-state index in [0.717, 1.165) is 12.3 Å². The van der Waals surface area contributed by atoms with Crippen LogP contribution < -0.4 is 0 Å². The van der Waals surface area contributed by atoms with Crippen LogP contribution in [0.15, 0.2) is 0 Å². The van der Waals surface area contributed by atoms with E-state index in [1.54, 1.807) is 0 Å². The maximum Gasteiger partial charge on any atom is 0.0731 e. The molecule has 0 spiro atoms. The van der Waals surface area contributed by atoms with Crippen molar-refractivity contribution in [1.82, 2.24) is 4.90 Å². The van der Waals surface area contributed by atoms with Crippen LogP contribution in [0.2, 0.25) is 0 Å². The van der Waals surface area contributed by atoms with E-state index >= 15 is 0 Å². The van der Waals surface area contributed by atoms with Gasteiger partial charge in [0, 0.05) is 24.1 Å². The summed E-state index contributed by atoms with van der Waals surface area (Å²) in [6.07, 6.45) is 7.80. The molecule has 16 heavy (non-hydrogen) atoms. The number of aliphatic hydroxyl groups excluding tert-OH is 1. The van der Waals surface area contributed by atoms with Crippen molar-refractivity contribution in [2.45, 2.75) is 50.7 Å². The van der Waals surface area contributed by atoms with Crippen LogP contribution in [0.5, 0.6) is 0 Å². The quantitative estimate of drug-likeness (QED) is 0.753. The average Bonchev–Trinajstić information content (AvgIpc) is 2.57. The highest BCUT2D eigenvalue weighted by molar-refractivity contribution is 7.99. The summed E-state index contributed by atoms with van der Waals surface area (Å²) in [5, 5.41) is 10.5. The van der Waals surface area contributed by atoms with E-state index in [1.807, 2.05) is 11.8 Å². The fraction of sp³-hybridized carbons (Fsp3) is 1.00. The van der Waals surface area contributed by atoms with Crippen LogP contribution in [0, 0.1) is 5.92 Å². The zero-order valence-corrected chi connectivity index (χ0v) is 11.2. The molecule has 2 rings (SSSR count). The fourth-order valence-electron chi connectivity index (χ4n) is 3.03. The first-order chi connectivity index (χ1) is 7.79. The van der Waals surface area contributed by atoms with Gasteiger partial charge in [-0.1, -0.05) is 25.7 Å². The van der Waals surface area contributed by atoms with Gasteiger partial charge in [-0.3, -0.25) is 4.90 Å². The Hall–Kier alpha value is 0.270. The van der Waals surface area contributed by atoms with Gasteiger partial charge in [-0.05, 0) is 25.8 Å². The average molecular weight is 243 g/mol. The summed E-state index contributed by atoms with van der Waals surface area (Å²) < 4.78 is 0. The molecule has 0 amide bonds. The highest BCUT2D eigenvalue weighted by Gasteiger charge is 2.32. The normalized spacial score (nSPS) is 32.2. The van der Waals surface area contributed by atoms with Crippen LogP contribution in [0.1, 0.15) is 38.5 Å². The van der Waals surface area contributed by atoms with E-state index < -0.39 is 0 Å². The zero-order chi connectivity index (χ0) is 11.4. The molecule has 2 fully saturated rings. The lowest BCUT2D eigenvalue weighted by atomic mass is 9.89. The Morgan fingerprint density at radius 1 is 1.19 bits per heavy atom. The van der Waals surface area contributed by atoms with Crippen LogP contribution >= 0.6 is 11.8 Å². The van der Waals surface area contributed by atoms with Gasteiger partial charge in [0.25, 0.3) is 0 Å². The maximum atomic E-state index is 10.5. The molecule has 2 nitrogen and oxygen atoms in total. The van der Waals surface area contributed by atoms with Gasteiger partial charge in [0.2, 0.25) is 0 Å². The van der Waals surface area contributed by atoms with Crippen LogP contribution in [0.25, 0.3) is 0 Å². The van der Waals surface area contributed by atoms with Gasteiger partial charge < -0.3 is 5.11 Å². The standard InChI is InChI=1S/C13H25NOS/c1-14-8-9-16-10-12(14)13(15)11-6-4-2-3-5-7-11/h11-13,15H,2-10H2,1H3. The van der Waals surface area contributed by atoms with Gasteiger partial charge in [-0.2, -0.15) is 11.8 Å². The van der Waals surface area contributed by atoms with Crippen molar-refractivity contribution in [1.29, 1.82) is 0 Å². The lowest BCUT2D eigenvalue weighted by molar-refractivity contribution is 0.0247. The summed E-state index contributed by atoms with van der Waals surface area (Å²) in [4.78, 5) is 2.37. The molecule has 3 heteroatoms. The molecule has 0 aromatic carbocycles. The number of likely N-dealkylation sites (N-methyl/N-ethyl adjacent to an activating group) is 1. The van der Waals surface area contributed by atoms with Gasteiger partial charge in [-0.25, -0.2) is 0 Å². The molecule has 1 heterocycles. The number of hydrogen-bond acceptors (Lipinski definition) is 3. The molecule has 1 aliphatic heterocycles. The van der Waals surface area contributed by atoms with Gasteiger partial charge in [0.05, 0.1) is 6.10 Å². The SMILES string of the molecule is CN1CCSCC1C(O)C1CCCCCC1. The van der Waals surface area contributed by atoms with Crippen LogP contribution in [0.4, 0.5) is 0 Å². The first kappa shape index (κ1) is 12.7. The van der Waals surface area contributed by atoms with Crippen molar-refractivity contribution in [2.24, 2.45) is 5.92 Å². The predicted octanol–water partition coefficient (Wildman–Crippen LogP) is 2.36. The largest absolute Gasteiger partial charge is 0.391 e. The second kappa shape index (κ2) is 6.27. The molecule has 2 aliphatic rings. The molecule has 1 saturated carbocycles. The van der Waals surface area contributed by atoms with E-state index in [-0.39, 0.29) is 6.10 Å². The van der Waals surface area contributed by atoms with Crippen molar-refractivity contribution >= 4 is 11.8 Å². The summed E-state index contributed by atoms with van der Waals surface area (Å²) in [5.41, 5.74) is 0. The molecule has 2 atom stereocenters. The molecule has 0 radical (unpaired) electrons. The molecule has 1 aliphatic carbocycles. The Labute approximate surface area is 104 Å². The first-order valence-corrected chi connectivity index (χ1v) is 7.90. The molecule has 1 saturated heterocycles. The van der Waals surface area contributed by atoms with E-state index in [9.17, 15) is 5.11 Å². The number of thioether (sulfide) groups is 1. The van der Waals surface area contributed by atoms with Gasteiger partial charge in [-0.15, -0.1) is 0 Å². The van der Waals surface area contributed by atoms with Crippen molar-refractivity contribution in [3.63, 3.8) is 0 Å². The van der Waals surface area contributed by atoms with Crippen molar-refractivity contribution in [2.75, 3.05) is 25.1 Å². The lowest BCUT2D eigenvalue weighted by Crippen LogP contribution is -2.49. The Morgan fingerprint density at radius 3 is 2.50 bits per heavy atom. The van der Waals surface area contributed by atoms with Gasteiger partial charge in [0.1, 0.15) is 0 Å². The fourth-order valence-corrected chi connectivity index (χ4v) is 4.31. The minimum absolute atomic E-state index is 0.0871. The molecular weight excluding hydrogens is 218 g/mol. The second-order valence-corrected chi connectivity index (χ2v) is 6.51. The molecule has 0 aromatic heterocycles. The highest BCUT2D eigenvalue weighted by Crippen LogP contribution is 2.30. The summed E-state index contributed by atoms with van der Waals surface area (Å²) in [6, 6.07) is 0.404. The molecule has 0 bridgehead atoms. The maximum absolute atomic E-state index is 10.5. The smallest absolute Gasteiger partial charge is 0.0731 e. The summed E-state index contributed by atoms with van der Waals surface area (Å²) in [7, 11) is 2.17. The first-order valence-electron chi connectivity index (χ1n) is 6.75. The topological polar surface area (TPSA) is 23.5 Å². The Kier molecular flexibility index (Phi) is 4.98. The summed E-state index contributed by atoms with van der Waals surface area (Å²) >= 11 is 2.00. The number of nitrogens with zero attached hydrogens (tertiary/aromatic N) is 1. The summed E-state index contributed by atoms with van der Waals surface area (Å²) in [6.45, 7) is 1.14. The minimum atomic E-state index is -0.0871. The van der Waals surface area contributed by atoms with E-state index in [4.69, 9.17) is 0 Å². The van der Waals surface area contributed by atoms with Crippen LogP contribution in [-0.2, 0) is 0 Å². The monoisotopic (exact) mass is 243 g/mol. The number of rotatable bonds is 2. The highest BCUT2D eigenvalue weighted by atomic mass is 32.2. The Bertz CT molecular complexity index is 204. The third-order valence-corrected chi connectivity index (χ3v) is 5.27. The predicted molar refractivity (Wildman–Crippen MR) is 70.9 cm³/mol. The molecule has 2 unspecified atom stereocenters. The van der Waals surface area contributed by atoms with Crippen molar-refractivity contribution in [3.05, 3.63) is 0 Å². The van der Waals surface area contributed by atoms with Crippen molar-refractivity contribution in [3.8, 4) is 0 Å². The number of hydrogen-bond donors (Lipinski definition) is 1.